The molecule has 5 N–H and O–H groups in total. The zero-order valence-electron chi connectivity index (χ0n) is 11.2. The average Bonchev–Trinajstić information content (AvgIpc) is 3.01. The van der Waals surface area contributed by atoms with Crippen LogP contribution in [0.5, 0.6) is 0 Å². The van der Waals surface area contributed by atoms with E-state index >= 15 is 0 Å². The van der Waals surface area contributed by atoms with Gasteiger partial charge in [0.25, 0.3) is 5.95 Å². The van der Waals surface area contributed by atoms with Crippen molar-refractivity contribution >= 4 is 11.9 Å². The Labute approximate surface area is 116 Å². The molecule has 9 heteroatoms. The molecule has 2 rings (SSSR count). The maximum absolute atomic E-state index is 9.50. The SMILES string of the molecule is CCC(O)CCNc1nc(NN)nc(-n2cccn2)n1. The molecule has 0 aliphatic heterocycles. The molecule has 1 atom stereocenters. The maximum Gasteiger partial charge on any atom is 0.257 e. The van der Waals surface area contributed by atoms with Crippen LogP contribution in [0.15, 0.2) is 18.5 Å². The third-order valence-corrected chi connectivity index (χ3v) is 2.69. The fourth-order valence-electron chi connectivity index (χ4n) is 1.55. The summed E-state index contributed by atoms with van der Waals surface area (Å²) in [5, 5.41) is 16.6. The van der Waals surface area contributed by atoms with Crippen molar-refractivity contribution in [3.05, 3.63) is 18.5 Å². The Morgan fingerprint density at radius 3 is 2.80 bits per heavy atom. The Kier molecular flexibility index (Phi) is 4.80. The van der Waals surface area contributed by atoms with Crippen LogP contribution in [0, 0.1) is 0 Å². The van der Waals surface area contributed by atoms with Crippen molar-refractivity contribution < 1.29 is 5.11 Å². The number of anilines is 2. The zero-order valence-corrected chi connectivity index (χ0v) is 11.2. The topological polar surface area (TPSA) is 127 Å². The first-order valence-corrected chi connectivity index (χ1v) is 6.37. The van der Waals surface area contributed by atoms with Gasteiger partial charge in [-0.15, -0.1) is 0 Å². The lowest BCUT2D eigenvalue weighted by atomic mass is 10.2. The monoisotopic (exact) mass is 278 g/mol. The molecule has 108 valence electrons. The van der Waals surface area contributed by atoms with Gasteiger partial charge in [-0.05, 0) is 18.9 Å². The van der Waals surface area contributed by atoms with Crippen molar-refractivity contribution in [2.24, 2.45) is 5.84 Å². The molecule has 0 aliphatic rings. The van der Waals surface area contributed by atoms with Crippen LogP contribution in [-0.4, -0.2) is 42.5 Å². The second-order valence-electron chi connectivity index (χ2n) is 4.16. The summed E-state index contributed by atoms with van der Waals surface area (Å²) >= 11 is 0. The number of nitrogens with two attached hydrogens (primary N) is 1. The van der Waals surface area contributed by atoms with Crippen molar-refractivity contribution in [3.8, 4) is 5.95 Å². The number of nitrogens with one attached hydrogen (secondary N) is 2. The van der Waals surface area contributed by atoms with E-state index in [1.54, 1.807) is 18.5 Å². The Morgan fingerprint density at radius 2 is 2.15 bits per heavy atom. The van der Waals surface area contributed by atoms with Crippen LogP contribution in [0.1, 0.15) is 19.8 Å². The Morgan fingerprint density at radius 1 is 1.35 bits per heavy atom. The van der Waals surface area contributed by atoms with Gasteiger partial charge in [-0.2, -0.15) is 20.1 Å². The molecule has 0 aromatic carbocycles. The molecule has 2 aromatic rings. The van der Waals surface area contributed by atoms with Crippen LogP contribution < -0.4 is 16.6 Å². The van der Waals surface area contributed by atoms with E-state index in [0.29, 0.717) is 31.3 Å². The maximum atomic E-state index is 9.50. The van der Waals surface area contributed by atoms with E-state index in [4.69, 9.17) is 5.84 Å². The van der Waals surface area contributed by atoms with Crippen LogP contribution >= 0.6 is 0 Å². The van der Waals surface area contributed by atoms with Crippen LogP contribution in [0.2, 0.25) is 0 Å². The van der Waals surface area contributed by atoms with Crippen LogP contribution in [-0.2, 0) is 0 Å². The number of rotatable bonds is 7. The molecule has 0 spiro atoms. The van der Waals surface area contributed by atoms with E-state index in [1.807, 2.05) is 6.92 Å². The van der Waals surface area contributed by atoms with Crippen LogP contribution in [0.25, 0.3) is 5.95 Å². The van der Waals surface area contributed by atoms with Gasteiger partial charge in [-0.3, -0.25) is 5.43 Å². The number of aliphatic hydroxyl groups excluding tert-OH is 1. The Balaban J connectivity index is 2.10. The van der Waals surface area contributed by atoms with Gasteiger partial charge in [0.15, 0.2) is 0 Å². The molecule has 0 bridgehead atoms. The summed E-state index contributed by atoms with van der Waals surface area (Å²) in [6.45, 7) is 2.49. The predicted molar refractivity (Wildman–Crippen MR) is 74.2 cm³/mol. The summed E-state index contributed by atoms with van der Waals surface area (Å²) in [7, 11) is 0. The van der Waals surface area contributed by atoms with Crippen LogP contribution in [0.4, 0.5) is 11.9 Å². The van der Waals surface area contributed by atoms with Gasteiger partial charge in [0.05, 0.1) is 6.10 Å². The quantitative estimate of drug-likeness (QED) is 0.409. The predicted octanol–water partition coefficient (Wildman–Crippen LogP) is -0.0842. The lowest BCUT2D eigenvalue weighted by Gasteiger charge is -2.10. The summed E-state index contributed by atoms with van der Waals surface area (Å²) in [5.41, 5.74) is 2.39. The molecule has 2 aromatic heterocycles. The number of hydrogen-bond acceptors (Lipinski definition) is 8. The molecule has 2 heterocycles. The number of hydrazine groups is 1. The first-order chi connectivity index (χ1) is 9.72. The second kappa shape index (κ2) is 6.78. The fourth-order valence-corrected chi connectivity index (χ4v) is 1.55. The van der Waals surface area contributed by atoms with E-state index in [0.717, 1.165) is 0 Å². The Hall–Kier alpha value is -2.26. The van der Waals surface area contributed by atoms with Crippen LogP contribution in [0.3, 0.4) is 0 Å². The number of nitrogens with zero attached hydrogens (tertiary/aromatic N) is 5. The van der Waals surface area contributed by atoms with Crippen molar-refractivity contribution in [2.45, 2.75) is 25.9 Å². The summed E-state index contributed by atoms with van der Waals surface area (Å²) in [6, 6.07) is 1.77. The lowest BCUT2D eigenvalue weighted by Crippen LogP contribution is -2.18. The van der Waals surface area contributed by atoms with Gasteiger partial charge < -0.3 is 10.4 Å². The van der Waals surface area contributed by atoms with E-state index < -0.39 is 0 Å². The summed E-state index contributed by atoms with van der Waals surface area (Å²) in [4.78, 5) is 12.4. The first-order valence-electron chi connectivity index (χ1n) is 6.37. The van der Waals surface area contributed by atoms with Gasteiger partial charge in [0.2, 0.25) is 11.9 Å². The second-order valence-corrected chi connectivity index (χ2v) is 4.16. The lowest BCUT2D eigenvalue weighted by molar-refractivity contribution is 0.164. The van der Waals surface area contributed by atoms with E-state index in [-0.39, 0.29) is 12.1 Å². The molecular weight excluding hydrogens is 260 g/mol. The van der Waals surface area contributed by atoms with E-state index in [1.165, 1.54) is 4.68 Å². The average molecular weight is 278 g/mol. The molecule has 0 saturated heterocycles. The third kappa shape index (κ3) is 3.62. The van der Waals surface area contributed by atoms with Gasteiger partial charge in [0, 0.05) is 18.9 Å². The molecule has 20 heavy (non-hydrogen) atoms. The van der Waals surface area contributed by atoms with Crippen molar-refractivity contribution in [2.75, 3.05) is 17.3 Å². The fraction of sp³-hybridized carbons (Fsp3) is 0.455. The summed E-state index contributed by atoms with van der Waals surface area (Å²) in [6.07, 6.45) is 4.35. The molecule has 0 fully saturated rings. The highest BCUT2D eigenvalue weighted by molar-refractivity contribution is 5.36. The van der Waals surface area contributed by atoms with Gasteiger partial charge in [-0.25, -0.2) is 10.5 Å². The van der Waals surface area contributed by atoms with Gasteiger partial charge in [0.1, 0.15) is 0 Å². The molecule has 0 aliphatic carbocycles. The summed E-state index contributed by atoms with van der Waals surface area (Å²) < 4.78 is 1.51. The normalized spacial score (nSPS) is 12.2. The van der Waals surface area contributed by atoms with Gasteiger partial charge >= 0.3 is 0 Å². The largest absolute Gasteiger partial charge is 0.393 e. The molecular formula is C11H18N8O. The molecule has 0 saturated carbocycles. The minimum absolute atomic E-state index is 0.240. The third-order valence-electron chi connectivity index (χ3n) is 2.69. The summed E-state index contributed by atoms with van der Waals surface area (Å²) in [5.74, 6) is 6.31. The minimum Gasteiger partial charge on any atom is -0.393 e. The number of nitrogen functional groups attached to an aromatic ring is 1. The number of aliphatic hydroxyl groups is 1. The first kappa shape index (κ1) is 14.2. The zero-order chi connectivity index (χ0) is 14.4. The molecule has 9 nitrogen and oxygen atoms in total. The molecule has 0 amide bonds. The molecule has 1 unspecified atom stereocenters. The standard InChI is InChI=1S/C11H18N8O/c1-2-8(20)4-6-13-9-15-10(18-12)17-11(16-9)19-7-3-5-14-19/h3,5,7-8,20H,2,4,6,12H2,1H3,(H2,13,15,16,17,18). The minimum atomic E-state index is -0.331. The van der Waals surface area contributed by atoms with Gasteiger partial charge in [-0.1, -0.05) is 6.92 Å². The van der Waals surface area contributed by atoms with Crippen molar-refractivity contribution in [3.63, 3.8) is 0 Å². The number of hydrogen-bond donors (Lipinski definition) is 4. The highest BCUT2D eigenvalue weighted by Gasteiger charge is 2.08. The van der Waals surface area contributed by atoms with Crippen molar-refractivity contribution in [1.82, 2.24) is 24.7 Å². The highest BCUT2D eigenvalue weighted by Crippen LogP contribution is 2.08. The van der Waals surface area contributed by atoms with E-state index in [2.05, 4.69) is 30.8 Å². The number of aromatic nitrogens is 5. The Bertz CT molecular complexity index is 529. The molecule has 0 radical (unpaired) electrons. The smallest absolute Gasteiger partial charge is 0.257 e. The highest BCUT2D eigenvalue weighted by atomic mass is 16.3. The van der Waals surface area contributed by atoms with Crippen molar-refractivity contribution in [1.29, 1.82) is 0 Å². The van der Waals surface area contributed by atoms with E-state index in [9.17, 15) is 5.11 Å².